The number of ether oxygens (including phenoxy) is 6. The predicted octanol–water partition coefficient (Wildman–Crippen LogP) is 8.73. The van der Waals surface area contributed by atoms with E-state index in [0.29, 0.717) is 0 Å². The number of rotatable bonds is 0. The lowest BCUT2D eigenvalue weighted by Gasteiger charge is -2.17. The summed E-state index contributed by atoms with van der Waals surface area (Å²) in [7, 11) is 0. The SMILES string of the molecule is c1cc2c3cc1OCOc1ccc4c(c1)Cc1ccc5cc1Cc1ccc(cc1C4)OCOc1ccc(c(c1)C2)Cc1cc(ccc1C3)OCO5. The van der Waals surface area contributed by atoms with Crippen molar-refractivity contribution < 1.29 is 28.4 Å². The summed E-state index contributed by atoms with van der Waals surface area (Å²) < 4.78 is 37.6. The highest BCUT2D eigenvalue weighted by Gasteiger charge is 2.20. The smallest absolute Gasteiger partial charge is 0.230 e. The molecule has 11 aliphatic heterocycles. The van der Waals surface area contributed by atoms with Gasteiger partial charge in [0.05, 0.1) is 0 Å². The van der Waals surface area contributed by atoms with Crippen LogP contribution in [0.25, 0.3) is 0 Å². The molecule has 0 aromatic heterocycles. The van der Waals surface area contributed by atoms with Crippen molar-refractivity contribution in [1.82, 2.24) is 0 Å². The van der Waals surface area contributed by atoms with Gasteiger partial charge >= 0.3 is 0 Å². The molecule has 0 fully saturated rings. The van der Waals surface area contributed by atoms with Crippen LogP contribution in [-0.4, -0.2) is 20.4 Å². The minimum absolute atomic E-state index is 0.110. The summed E-state index contributed by atoms with van der Waals surface area (Å²) in [5, 5.41) is 0. The van der Waals surface area contributed by atoms with E-state index in [9.17, 15) is 0 Å². The molecule has 0 amide bonds. The molecule has 19 rings (SSSR count). The van der Waals surface area contributed by atoms with E-state index < -0.39 is 0 Å². The number of benzene rings is 6. The van der Waals surface area contributed by atoms with Gasteiger partial charge in [0.15, 0.2) is 0 Å². The lowest BCUT2D eigenvalue weighted by atomic mass is 9.94. The largest absolute Gasteiger partial charge is 0.457 e. The Morgan fingerprint density at radius 2 is 0.392 bits per heavy atom. The fourth-order valence-electron chi connectivity index (χ4n) is 7.90. The Hall–Kier alpha value is -5.88. The number of hydrogen-bond donors (Lipinski definition) is 0. The summed E-state index contributed by atoms with van der Waals surface area (Å²) in [6, 6.07) is 38.4. The van der Waals surface area contributed by atoms with Crippen molar-refractivity contribution in [2.45, 2.75) is 38.5 Å². The van der Waals surface area contributed by atoms with Gasteiger partial charge in [-0.25, -0.2) is 0 Å². The molecule has 6 nitrogen and oxygen atoms in total. The zero-order valence-corrected chi connectivity index (χ0v) is 28.2. The Morgan fingerprint density at radius 3 is 0.569 bits per heavy atom. The van der Waals surface area contributed by atoms with Gasteiger partial charge in [-0.2, -0.15) is 0 Å². The third-order valence-electron chi connectivity index (χ3n) is 10.7. The summed E-state index contributed by atoms with van der Waals surface area (Å²) in [4.78, 5) is 0. The van der Waals surface area contributed by atoms with Crippen molar-refractivity contribution in [3.8, 4) is 34.5 Å². The van der Waals surface area contributed by atoms with Crippen LogP contribution in [0, 0.1) is 0 Å². The second kappa shape index (κ2) is 12.5. The fraction of sp³-hybridized carbons (Fsp3) is 0.200. The molecule has 0 atom stereocenters. The first kappa shape index (κ1) is 30.0. The van der Waals surface area contributed by atoms with Crippen LogP contribution in [0.15, 0.2) is 109 Å². The van der Waals surface area contributed by atoms with Crippen LogP contribution >= 0.6 is 0 Å². The van der Waals surface area contributed by atoms with Gasteiger partial charge in [-0.15, -0.1) is 0 Å². The first-order chi connectivity index (χ1) is 25.1. The van der Waals surface area contributed by atoms with Crippen molar-refractivity contribution in [3.63, 3.8) is 0 Å². The maximum absolute atomic E-state index is 6.27. The Kier molecular flexibility index (Phi) is 7.33. The maximum atomic E-state index is 6.27. The molecule has 0 saturated heterocycles. The van der Waals surface area contributed by atoms with Crippen LogP contribution in [0.3, 0.4) is 0 Å². The van der Waals surface area contributed by atoms with Gasteiger partial charge in [-0.1, -0.05) is 36.4 Å². The Balaban J connectivity index is 1.17. The molecule has 6 aromatic carbocycles. The van der Waals surface area contributed by atoms with Crippen LogP contribution in [0.1, 0.15) is 66.8 Å². The summed E-state index contributed by atoms with van der Waals surface area (Å²) in [5.74, 6) is 4.70. The first-order valence-electron chi connectivity index (χ1n) is 17.6. The molecule has 11 heterocycles. The van der Waals surface area contributed by atoms with E-state index in [0.717, 1.165) is 73.0 Å². The average molecular weight is 673 g/mol. The predicted molar refractivity (Wildman–Crippen MR) is 194 cm³/mol. The van der Waals surface area contributed by atoms with E-state index in [4.69, 9.17) is 28.4 Å². The van der Waals surface area contributed by atoms with Gasteiger partial charge in [0.1, 0.15) is 34.5 Å². The third kappa shape index (κ3) is 6.01. The maximum Gasteiger partial charge on any atom is 0.230 e. The molecule has 51 heavy (non-hydrogen) atoms. The molecular weight excluding hydrogens is 636 g/mol. The molecule has 13 aliphatic rings. The third-order valence-corrected chi connectivity index (χ3v) is 10.7. The highest BCUT2D eigenvalue weighted by molar-refractivity contribution is 5.52. The zero-order valence-electron chi connectivity index (χ0n) is 28.2. The van der Waals surface area contributed by atoms with Crippen molar-refractivity contribution in [1.29, 1.82) is 0 Å². The minimum Gasteiger partial charge on any atom is -0.457 e. The van der Waals surface area contributed by atoms with Crippen LogP contribution < -0.4 is 28.4 Å². The van der Waals surface area contributed by atoms with E-state index in [2.05, 4.69) is 109 Å². The average Bonchev–Trinajstić information content (AvgIpc) is 3.24. The van der Waals surface area contributed by atoms with Gasteiger partial charge in [-0.05, 0) is 178 Å². The Bertz CT molecular complexity index is 1900. The van der Waals surface area contributed by atoms with Gasteiger partial charge < -0.3 is 28.4 Å². The standard InChI is InChI=1S/C45H36O6/c1-7-40-19-34-14-29-2-8-43-21-36(29)15-30-3-9-41(20-35(30)13-28(1)34)48-26-49-44-11-5-33-18-39-24-45(51-27-50-43)12-6-32(39)16-37-22-42(47-25-46-40)10-4-31(37)17-38(33)23-44/h1-12,19-24H,13-18,25-27H2. The van der Waals surface area contributed by atoms with E-state index >= 15 is 0 Å². The van der Waals surface area contributed by atoms with Gasteiger partial charge in [0.2, 0.25) is 20.4 Å². The van der Waals surface area contributed by atoms with Gasteiger partial charge in [0, 0.05) is 0 Å². The van der Waals surface area contributed by atoms with Crippen molar-refractivity contribution in [2.75, 3.05) is 20.4 Å². The normalized spacial score (nSPS) is 15.3. The van der Waals surface area contributed by atoms with E-state index in [-0.39, 0.29) is 20.4 Å². The van der Waals surface area contributed by atoms with E-state index in [1.54, 1.807) is 0 Å². The molecule has 252 valence electrons. The van der Waals surface area contributed by atoms with E-state index in [1.165, 1.54) is 66.8 Å². The minimum atomic E-state index is 0.110. The second-order valence-electron chi connectivity index (χ2n) is 13.9. The topological polar surface area (TPSA) is 55.4 Å². The molecule has 6 aromatic rings. The van der Waals surface area contributed by atoms with Crippen molar-refractivity contribution >= 4 is 0 Å². The van der Waals surface area contributed by atoms with Crippen molar-refractivity contribution in [3.05, 3.63) is 176 Å². The quantitative estimate of drug-likeness (QED) is 0.161. The van der Waals surface area contributed by atoms with Crippen LogP contribution in [0.2, 0.25) is 0 Å². The Labute approximate surface area is 297 Å². The highest BCUT2D eigenvalue weighted by Crippen LogP contribution is 2.35. The lowest BCUT2D eigenvalue weighted by Crippen LogP contribution is -2.08. The monoisotopic (exact) mass is 672 g/mol. The Morgan fingerprint density at radius 1 is 0.216 bits per heavy atom. The molecule has 0 saturated carbocycles. The van der Waals surface area contributed by atoms with Crippen LogP contribution in [-0.2, 0) is 38.5 Å². The molecule has 18 bridgehead atoms. The van der Waals surface area contributed by atoms with Gasteiger partial charge in [-0.3, -0.25) is 0 Å². The first-order valence-corrected chi connectivity index (χ1v) is 17.6. The molecule has 6 heteroatoms. The van der Waals surface area contributed by atoms with Gasteiger partial charge in [0.25, 0.3) is 0 Å². The molecule has 0 N–H and O–H groups in total. The highest BCUT2D eigenvalue weighted by atomic mass is 16.7. The zero-order chi connectivity index (χ0) is 33.7. The summed E-state index contributed by atoms with van der Waals surface area (Å²) in [6.07, 6.45) is 4.61. The van der Waals surface area contributed by atoms with E-state index in [1.807, 2.05) is 0 Å². The lowest BCUT2D eigenvalue weighted by molar-refractivity contribution is 0.119. The number of hydrogen-bond acceptors (Lipinski definition) is 6. The fourth-order valence-corrected chi connectivity index (χ4v) is 7.90. The van der Waals surface area contributed by atoms with Crippen LogP contribution in [0.4, 0.5) is 0 Å². The molecule has 0 radical (unpaired) electrons. The molecule has 2 aliphatic carbocycles. The van der Waals surface area contributed by atoms with Crippen LogP contribution in [0.5, 0.6) is 34.5 Å². The summed E-state index contributed by atoms with van der Waals surface area (Å²) >= 11 is 0. The summed E-state index contributed by atoms with van der Waals surface area (Å²) in [6.45, 7) is 0.331. The second-order valence-corrected chi connectivity index (χ2v) is 13.9. The summed E-state index contributed by atoms with van der Waals surface area (Å²) in [5.41, 5.74) is 14.8. The van der Waals surface area contributed by atoms with Crippen molar-refractivity contribution in [2.24, 2.45) is 0 Å². The molecular formula is C45H36O6. The molecule has 0 spiro atoms. The molecule has 0 unspecified atom stereocenters.